The number of carbonyl (C=O) groups excluding carboxylic acids is 2. The van der Waals surface area contributed by atoms with E-state index in [0.717, 1.165) is 11.1 Å². The molecule has 0 radical (unpaired) electrons. The normalized spacial score (nSPS) is 11.5. The number of nitriles is 1. The maximum absolute atomic E-state index is 12.8. The SMILES string of the molecule is CC(C)(C)c1cc(C(=O)OCC(=O)N(CCC#N)c2ccccc2)cc(C(C)(C)C)c1. The summed E-state index contributed by atoms with van der Waals surface area (Å²) in [7, 11) is 0. The molecule has 2 aromatic carbocycles. The maximum atomic E-state index is 12.8. The van der Waals surface area contributed by atoms with Crippen molar-refractivity contribution >= 4 is 17.6 Å². The number of carbonyl (C=O) groups is 2. The highest BCUT2D eigenvalue weighted by atomic mass is 16.5. The van der Waals surface area contributed by atoms with Crippen LogP contribution in [0.5, 0.6) is 0 Å². The number of ether oxygens (including phenoxy) is 1. The molecule has 0 heterocycles. The van der Waals surface area contributed by atoms with Gasteiger partial charge < -0.3 is 9.64 Å². The van der Waals surface area contributed by atoms with Crippen molar-refractivity contribution in [3.63, 3.8) is 0 Å². The number of esters is 1. The number of hydrogen-bond donors (Lipinski definition) is 0. The third kappa shape index (κ3) is 6.68. The quantitative estimate of drug-likeness (QED) is 0.588. The van der Waals surface area contributed by atoms with E-state index in [-0.39, 0.29) is 36.3 Å². The molecule has 0 spiro atoms. The Hall–Kier alpha value is -3.13. The van der Waals surface area contributed by atoms with E-state index in [1.54, 1.807) is 12.1 Å². The largest absolute Gasteiger partial charge is 0.452 e. The molecule has 0 aliphatic heterocycles. The fraction of sp³-hybridized carbons (Fsp3) is 0.423. The van der Waals surface area contributed by atoms with Crippen LogP contribution in [0.25, 0.3) is 0 Å². The average molecular weight is 421 g/mol. The third-order valence-corrected chi connectivity index (χ3v) is 5.04. The van der Waals surface area contributed by atoms with Crippen LogP contribution in [-0.2, 0) is 20.4 Å². The fourth-order valence-electron chi connectivity index (χ4n) is 3.07. The van der Waals surface area contributed by atoms with E-state index in [9.17, 15) is 9.59 Å². The van der Waals surface area contributed by atoms with Gasteiger partial charge in [-0.25, -0.2) is 4.79 Å². The van der Waals surface area contributed by atoms with Crippen LogP contribution in [0, 0.1) is 11.3 Å². The Bertz CT molecular complexity index is 929. The summed E-state index contributed by atoms with van der Waals surface area (Å²) in [6, 6.07) is 16.9. The van der Waals surface area contributed by atoms with Crippen molar-refractivity contribution in [2.45, 2.75) is 58.8 Å². The summed E-state index contributed by atoms with van der Waals surface area (Å²) in [5.41, 5.74) is 2.93. The highest BCUT2D eigenvalue weighted by Crippen LogP contribution is 2.30. The number of para-hydroxylation sites is 1. The molecule has 0 aromatic heterocycles. The van der Waals surface area contributed by atoms with Gasteiger partial charge in [-0.2, -0.15) is 5.26 Å². The van der Waals surface area contributed by atoms with E-state index >= 15 is 0 Å². The monoisotopic (exact) mass is 420 g/mol. The Labute approximate surface area is 185 Å². The maximum Gasteiger partial charge on any atom is 0.338 e. The first-order chi connectivity index (χ1) is 14.4. The lowest BCUT2D eigenvalue weighted by atomic mass is 9.79. The molecule has 2 rings (SSSR count). The minimum absolute atomic E-state index is 0.131. The highest BCUT2D eigenvalue weighted by Gasteiger charge is 2.24. The summed E-state index contributed by atoms with van der Waals surface area (Å²) in [6.07, 6.45) is 0.192. The van der Waals surface area contributed by atoms with Gasteiger partial charge in [-0.3, -0.25) is 4.79 Å². The van der Waals surface area contributed by atoms with E-state index < -0.39 is 5.97 Å². The predicted molar refractivity (Wildman–Crippen MR) is 123 cm³/mol. The number of benzene rings is 2. The molecule has 0 fully saturated rings. The second-order valence-electron chi connectivity index (χ2n) is 9.66. The molecule has 5 heteroatoms. The molecule has 5 nitrogen and oxygen atoms in total. The number of rotatable bonds is 6. The van der Waals surface area contributed by atoms with Crippen LogP contribution in [0.2, 0.25) is 0 Å². The molecule has 0 aliphatic carbocycles. The van der Waals surface area contributed by atoms with Crippen LogP contribution in [-0.4, -0.2) is 25.0 Å². The van der Waals surface area contributed by atoms with Crippen LogP contribution in [0.3, 0.4) is 0 Å². The van der Waals surface area contributed by atoms with Crippen molar-refractivity contribution in [3.05, 3.63) is 65.2 Å². The third-order valence-electron chi connectivity index (χ3n) is 5.04. The first-order valence-electron chi connectivity index (χ1n) is 10.5. The van der Waals surface area contributed by atoms with Crippen LogP contribution < -0.4 is 4.90 Å². The van der Waals surface area contributed by atoms with Gasteiger partial charge in [0.2, 0.25) is 0 Å². The van der Waals surface area contributed by atoms with E-state index in [1.807, 2.05) is 30.3 Å². The van der Waals surface area contributed by atoms with Crippen molar-refractivity contribution < 1.29 is 14.3 Å². The van der Waals surface area contributed by atoms with Crippen molar-refractivity contribution in [3.8, 4) is 6.07 Å². The first kappa shape index (κ1) is 24.1. The molecule has 0 bridgehead atoms. The summed E-state index contributed by atoms with van der Waals surface area (Å²) >= 11 is 0. The zero-order valence-electron chi connectivity index (χ0n) is 19.4. The van der Waals surface area contributed by atoms with Gasteiger partial charge in [0.25, 0.3) is 5.91 Å². The lowest BCUT2D eigenvalue weighted by Crippen LogP contribution is -2.35. The molecule has 0 unspecified atom stereocenters. The van der Waals surface area contributed by atoms with Crippen LogP contribution in [0.1, 0.15) is 69.4 Å². The van der Waals surface area contributed by atoms with Gasteiger partial charge in [0.05, 0.1) is 18.1 Å². The number of hydrogen-bond acceptors (Lipinski definition) is 4. The van der Waals surface area contributed by atoms with Gasteiger partial charge in [0.1, 0.15) is 0 Å². The summed E-state index contributed by atoms with van der Waals surface area (Å²) in [4.78, 5) is 27.1. The van der Waals surface area contributed by atoms with E-state index in [2.05, 4.69) is 53.7 Å². The Morgan fingerprint density at radius 1 is 0.935 bits per heavy atom. The van der Waals surface area contributed by atoms with Gasteiger partial charge in [0, 0.05) is 12.2 Å². The van der Waals surface area contributed by atoms with Crippen molar-refractivity contribution in [2.24, 2.45) is 0 Å². The lowest BCUT2D eigenvalue weighted by molar-refractivity contribution is -0.121. The van der Waals surface area contributed by atoms with Crippen molar-refractivity contribution in [1.29, 1.82) is 5.26 Å². The molecule has 2 aromatic rings. The molecule has 0 atom stereocenters. The molecular weight excluding hydrogens is 388 g/mol. The molecule has 0 N–H and O–H groups in total. The number of anilines is 1. The van der Waals surface area contributed by atoms with Gasteiger partial charge in [-0.15, -0.1) is 0 Å². The summed E-state index contributed by atoms with van der Waals surface area (Å²) in [5.74, 6) is -0.893. The minimum Gasteiger partial charge on any atom is -0.452 e. The minimum atomic E-state index is -0.529. The first-order valence-corrected chi connectivity index (χ1v) is 10.5. The molecule has 0 saturated heterocycles. The zero-order valence-corrected chi connectivity index (χ0v) is 19.4. The molecule has 31 heavy (non-hydrogen) atoms. The predicted octanol–water partition coefficient (Wildman–Crippen LogP) is 5.39. The fourth-order valence-corrected chi connectivity index (χ4v) is 3.07. The van der Waals surface area contributed by atoms with E-state index in [4.69, 9.17) is 10.00 Å². The van der Waals surface area contributed by atoms with E-state index in [0.29, 0.717) is 11.3 Å². The topological polar surface area (TPSA) is 70.4 Å². The van der Waals surface area contributed by atoms with Gasteiger partial charge >= 0.3 is 5.97 Å². The van der Waals surface area contributed by atoms with Crippen LogP contribution in [0.15, 0.2) is 48.5 Å². The molecule has 1 amide bonds. The molecule has 164 valence electrons. The van der Waals surface area contributed by atoms with Crippen LogP contribution in [0.4, 0.5) is 5.69 Å². The lowest BCUT2D eigenvalue weighted by Gasteiger charge is -2.26. The Morgan fingerprint density at radius 3 is 1.97 bits per heavy atom. The Morgan fingerprint density at radius 2 is 1.48 bits per heavy atom. The van der Waals surface area contributed by atoms with Crippen LogP contribution >= 0.6 is 0 Å². The van der Waals surface area contributed by atoms with Gasteiger partial charge in [-0.05, 0) is 46.2 Å². The van der Waals surface area contributed by atoms with Gasteiger partial charge in [0.15, 0.2) is 6.61 Å². The molecular formula is C26H32N2O3. The van der Waals surface area contributed by atoms with Gasteiger partial charge in [-0.1, -0.05) is 65.8 Å². The summed E-state index contributed by atoms with van der Waals surface area (Å²) in [5, 5.41) is 8.92. The zero-order chi connectivity index (χ0) is 23.2. The van der Waals surface area contributed by atoms with Crippen molar-refractivity contribution in [2.75, 3.05) is 18.1 Å². The Balaban J connectivity index is 2.22. The number of amides is 1. The highest BCUT2D eigenvalue weighted by molar-refractivity contribution is 5.97. The standard InChI is InChI=1S/C26H32N2O3/c1-25(2,3)20-15-19(16-21(17-20)26(4,5)6)24(30)31-18-23(29)28(14-10-13-27)22-11-8-7-9-12-22/h7-9,11-12,15-17H,10,14,18H2,1-6H3. The smallest absolute Gasteiger partial charge is 0.338 e. The molecule has 0 aliphatic rings. The Kier molecular flexibility index (Phi) is 7.62. The van der Waals surface area contributed by atoms with E-state index in [1.165, 1.54) is 4.90 Å². The number of nitrogens with zero attached hydrogens (tertiary/aromatic N) is 2. The summed E-state index contributed by atoms with van der Waals surface area (Å²) in [6.45, 7) is 12.4. The molecule has 0 saturated carbocycles. The second-order valence-corrected chi connectivity index (χ2v) is 9.66. The average Bonchev–Trinajstić information content (AvgIpc) is 2.71. The second kappa shape index (κ2) is 9.78. The van der Waals surface area contributed by atoms with Crippen molar-refractivity contribution in [1.82, 2.24) is 0 Å². The summed E-state index contributed by atoms with van der Waals surface area (Å²) < 4.78 is 5.39.